The summed E-state index contributed by atoms with van der Waals surface area (Å²) in [7, 11) is 0. The standard InChI is InChI=1S/C13H9N3O6/c1-8(17)9-4-5-11(10(7-9)15(18)19)22-12-3-2-6-14-13(12)16(20)21/h2-7H,1H3. The largest absolute Gasteiger partial charge is 0.441 e. The second kappa shape index (κ2) is 5.95. The van der Waals surface area contributed by atoms with Gasteiger partial charge in [0, 0.05) is 11.6 Å². The van der Waals surface area contributed by atoms with E-state index in [9.17, 15) is 25.0 Å². The Morgan fingerprint density at radius 3 is 2.45 bits per heavy atom. The number of nitro groups is 2. The van der Waals surface area contributed by atoms with Gasteiger partial charge in [0.2, 0.25) is 11.5 Å². The van der Waals surface area contributed by atoms with E-state index >= 15 is 0 Å². The molecule has 0 N–H and O–H groups in total. The molecule has 0 aliphatic rings. The average Bonchev–Trinajstić information content (AvgIpc) is 2.47. The molecule has 1 aromatic heterocycles. The molecule has 1 heterocycles. The lowest BCUT2D eigenvalue weighted by Crippen LogP contribution is -2.00. The van der Waals surface area contributed by atoms with Crippen LogP contribution in [0, 0.1) is 20.2 Å². The molecule has 22 heavy (non-hydrogen) atoms. The molecule has 0 unspecified atom stereocenters. The Kier molecular flexibility index (Phi) is 4.07. The van der Waals surface area contributed by atoms with Gasteiger partial charge in [0.15, 0.2) is 5.78 Å². The van der Waals surface area contributed by atoms with Crippen LogP contribution in [-0.2, 0) is 0 Å². The van der Waals surface area contributed by atoms with Gasteiger partial charge in [-0.05, 0) is 41.1 Å². The smallest absolute Gasteiger partial charge is 0.406 e. The second-order valence-corrected chi connectivity index (χ2v) is 4.18. The molecule has 0 fully saturated rings. The van der Waals surface area contributed by atoms with Crippen molar-refractivity contribution < 1.29 is 19.4 Å². The Bertz CT molecular complexity index is 774. The summed E-state index contributed by atoms with van der Waals surface area (Å²) in [6.07, 6.45) is 1.21. The van der Waals surface area contributed by atoms with Crippen molar-refractivity contribution in [3.63, 3.8) is 0 Å². The van der Waals surface area contributed by atoms with Gasteiger partial charge < -0.3 is 14.9 Å². The van der Waals surface area contributed by atoms with Crippen LogP contribution in [0.25, 0.3) is 0 Å². The molecule has 0 radical (unpaired) electrons. The Morgan fingerprint density at radius 1 is 1.14 bits per heavy atom. The van der Waals surface area contributed by atoms with Crippen LogP contribution in [0.5, 0.6) is 11.5 Å². The summed E-state index contributed by atoms with van der Waals surface area (Å²) in [6.45, 7) is 1.27. The van der Waals surface area contributed by atoms with E-state index in [1.165, 1.54) is 37.4 Å². The fraction of sp³-hybridized carbons (Fsp3) is 0.0769. The van der Waals surface area contributed by atoms with E-state index < -0.39 is 21.4 Å². The van der Waals surface area contributed by atoms with Crippen molar-refractivity contribution in [2.24, 2.45) is 0 Å². The summed E-state index contributed by atoms with van der Waals surface area (Å²) in [4.78, 5) is 35.3. The van der Waals surface area contributed by atoms with E-state index in [2.05, 4.69) is 4.98 Å². The van der Waals surface area contributed by atoms with Gasteiger partial charge in [-0.1, -0.05) is 0 Å². The van der Waals surface area contributed by atoms with E-state index in [-0.39, 0.29) is 22.8 Å². The minimum Gasteiger partial charge on any atom is -0.441 e. The van der Waals surface area contributed by atoms with Crippen molar-refractivity contribution in [3.8, 4) is 11.5 Å². The Labute approximate surface area is 123 Å². The maximum atomic E-state index is 11.3. The van der Waals surface area contributed by atoms with Gasteiger partial charge in [-0.15, -0.1) is 0 Å². The quantitative estimate of drug-likeness (QED) is 0.472. The van der Waals surface area contributed by atoms with Crippen molar-refractivity contribution in [2.75, 3.05) is 0 Å². The van der Waals surface area contributed by atoms with Crippen LogP contribution >= 0.6 is 0 Å². The maximum absolute atomic E-state index is 11.3. The number of ether oxygens (including phenoxy) is 1. The van der Waals surface area contributed by atoms with E-state index in [0.717, 1.165) is 6.07 Å². The summed E-state index contributed by atoms with van der Waals surface area (Å²) in [5.41, 5.74) is -0.328. The maximum Gasteiger partial charge on any atom is 0.406 e. The zero-order valence-electron chi connectivity index (χ0n) is 11.3. The number of ketones is 1. The number of carbonyl (C=O) groups is 1. The van der Waals surface area contributed by atoms with Gasteiger partial charge in [-0.3, -0.25) is 14.9 Å². The summed E-state index contributed by atoms with van der Waals surface area (Å²) in [5, 5.41) is 21.9. The Balaban J connectivity index is 2.48. The van der Waals surface area contributed by atoms with Crippen molar-refractivity contribution in [3.05, 3.63) is 62.3 Å². The van der Waals surface area contributed by atoms with Crippen LogP contribution in [-0.4, -0.2) is 20.6 Å². The zero-order valence-corrected chi connectivity index (χ0v) is 11.3. The highest BCUT2D eigenvalue weighted by atomic mass is 16.6. The fourth-order valence-electron chi connectivity index (χ4n) is 1.68. The first kappa shape index (κ1) is 15.0. The highest BCUT2D eigenvalue weighted by Crippen LogP contribution is 2.35. The van der Waals surface area contributed by atoms with Gasteiger partial charge in [0.25, 0.3) is 0 Å². The van der Waals surface area contributed by atoms with Crippen LogP contribution in [0.1, 0.15) is 17.3 Å². The van der Waals surface area contributed by atoms with Crippen LogP contribution in [0.3, 0.4) is 0 Å². The molecule has 0 amide bonds. The van der Waals surface area contributed by atoms with Crippen LogP contribution in [0.15, 0.2) is 36.5 Å². The Hall–Kier alpha value is -3.36. The minimum absolute atomic E-state index is 0.139. The van der Waals surface area contributed by atoms with Crippen molar-refractivity contribution >= 4 is 17.3 Å². The zero-order chi connectivity index (χ0) is 16.3. The third-order valence-electron chi connectivity index (χ3n) is 2.71. The third-order valence-corrected chi connectivity index (χ3v) is 2.71. The van der Waals surface area contributed by atoms with Crippen molar-refractivity contribution in [2.45, 2.75) is 6.92 Å². The normalized spacial score (nSPS) is 10.0. The fourth-order valence-corrected chi connectivity index (χ4v) is 1.68. The number of hydrogen-bond acceptors (Lipinski definition) is 7. The van der Waals surface area contributed by atoms with Gasteiger partial charge in [-0.2, -0.15) is 0 Å². The summed E-state index contributed by atoms with van der Waals surface area (Å²) >= 11 is 0. The molecule has 0 saturated heterocycles. The van der Waals surface area contributed by atoms with E-state index in [4.69, 9.17) is 4.74 Å². The van der Waals surface area contributed by atoms with Crippen LogP contribution in [0.4, 0.5) is 11.5 Å². The molecule has 0 spiro atoms. The van der Waals surface area contributed by atoms with Gasteiger partial charge in [0.1, 0.15) is 6.20 Å². The monoisotopic (exact) mass is 303 g/mol. The highest BCUT2D eigenvalue weighted by Gasteiger charge is 2.22. The average molecular weight is 303 g/mol. The lowest BCUT2D eigenvalue weighted by molar-refractivity contribution is -0.391. The number of Topliss-reactive ketones (excluding diaryl/α,β-unsaturated/α-hetero) is 1. The number of nitro benzene ring substituents is 1. The molecule has 0 saturated carbocycles. The van der Waals surface area contributed by atoms with Crippen LogP contribution < -0.4 is 4.74 Å². The molecule has 0 aliphatic heterocycles. The van der Waals surface area contributed by atoms with Crippen molar-refractivity contribution in [1.82, 2.24) is 4.98 Å². The molecular weight excluding hydrogens is 294 g/mol. The predicted molar refractivity (Wildman–Crippen MR) is 74.1 cm³/mol. The topological polar surface area (TPSA) is 125 Å². The number of benzene rings is 1. The number of nitrogens with zero attached hydrogens (tertiary/aromatic N) is 3. The first-order valence-corrected chi connectivity index (χ1v) is 5.97. The lowest BCUT2D eigenvalue weighted by Gasteiger charge is -2.07. The molecule has 0 bridgehead atoms. The molecule has 9 heteroatoms. The first-order valence-electron chi connectivity index (χ1n) is 5.97. The van der Waals surface area contributed by atoms with Crippen molar-refractivity contribution in [1.29, 1.82) is 0 Å². The predicted octanol–water partition coefficient (Wildman–Crippen LogP) is 2.89. The number of hydrogen-bond donors (Lipinski definition) is 0. The van der Waals surface area contributed by atoms with Crippen LogP contribution in [0.2, 0.25) is 0 Å². The molecule has 0 atom stereocenters. The van der Waals surface area contributed by atoms with E-state index in [0.29, 0.717) is 0 Å². The van der Waals surface area contributed by atoms with E-state index in [1.807, 2.05) is 0 Å². The molecule has 1 aromatic carbocycles. The molecular formula is C13H9N3O6. The number of pyridine rings is 1. The SMILES string of the molecule is CC(=O)c1ccc(Oc2cccnc2[N+](=O)[O-])c([N+](=O)[O-])c1. The molecule has 9 nitrogen and oxygen atoms in total. The number of carbonyl (C=O) groups excluding carboxylic acids is 1. The molecule has 0 aliphatic carbocycles. The first-order chi connectivity index (χ1) is 10.4. The highest BCUT2D eigenvalue weighted by molar-refractivity contribution is 5.95. The molecule has 2 rings (SSSR count). The van der Waals surface area contributed by atoms with Gasteiger partial charge in [-0.25, -0.2) is 0 Å². The summed E-state index contributed by atoms with van der Waals surface area (Å²) < 4.78 is 5.24. The summed E-state index contributed by atoms with van der Waals surface area (Å²) in [6, 6.07) is 6.28. The minimum atomic E-state index is -0.759. The lowest BCUT2D eigenvalue weighted by atomic mass is 10.1. The summed E-state index contributed by atoms with van der Waals surface area (Å²) in [5.74, 6) is -1.35. The number of rotatable bonds is 5. The third kappa shape index (κ3) is 3.03. The number of aromatic nitrogens is 1. The second-order valence-electron chi connectivity index (χ2n) is 4.18. The van der Waals surface area contributed by atoms with Gasteiger partial charge >= 0.3 is 11.5 Å². The Morgan fingerprint density at radius 2 is 1.86 bits per heavy atom. The molecule has 2 aromatic rings. The van der Waals surface area contributed by atoms with E-state index in [1.54, 1.807) is 0 Å². The molecule has 112 valence electrons. The van der Waals surface area contributed by atoms with Gasteiger partial charge in [0.05, 0.1) is 4.92 Å².